The fraction of sp³-hybridized carbons (Fsp3) is 0.368. The smallest absolute Gasteiger partial charge is 0.416 e. The number of aromatic hydroxyl groups is 1. The number of benzene rings is 1. The lowest BCUT2D eigenvalue weighted by Crippen LogP contribution is -2.39. The van der Waals surface area contributed by atoms with E-state index in [2.05, 4.69) is 27.5 Å². The van der Waals surface area contributed by atoms with Crippen molar-refractivity contribution in [3.05, 3.63) is 36.1 Å². The van der Waals surface area contributed by atoms with Gasteiger partial charge < -0.3 is 19.7 Å². The normalized spacial score (nSPS) is 18.5. The molecule has 4 rings (SSSR count). The van der Waals surface area contributed by atoms with Gasteiger partial charge in [0.15, 0.2) is 11.4 Å². The molecule has 0 saturated carbocycles. The Morgan fingerprint density at radius 1 is 1.25 bits per heavy atom. The molecule has 0 amide bonds. The van der Waals surface area contributed by atoms with Crippen LogP contribution in [0.3, 0.4) is 0 Å². The number of fused-ring (bicyclic) bond motifs is 1. The summed E-state index contributed by atoms with van der Waals surface area (Å²) in [5.41, 5.74) is -0.0421. The second-order valence-corrected chi connectivity index (χ2v) is 7.04. The monoisotopic (exact) mass is 392 g/mol. The number of hydrogen-bond acceptors (Lipinski definition) is 6. The summed E-state index contributed by atoms with van der Waals surface area (Å²) >= 11 is 0. The molecule has 148 valence electrons. The third-order valence-corrected chi connectivity index (χ3v) is 4.93. The maximum absolute atomic E-state index is 12.8. The molecule has 2 aromatic heterocycles. The van der Waals surface area contributed by atoms with Crippen LogP contribution in [0.5, 0.6) is 5.75 Å². The van der Waals surface area contributed by atoms with Crippen molar-refractivity contribution in [1.29, 1.82) is 0 Å². The van der Waals surface area contributed by atoms with E-state index < -0.39 is 17.5 Å². The maximum atomic E-state index is 12.8. The van der Waals surface area contributed by atoms with Crippen molar-refractivity contribution >= 4 is 16.8 Å². The number of nitrogens with zero attached hydrogens (tertiary/aromatic N) is 3. The molecular weight excluding hydrogens is 373 g/mol. The highest BCUT2D eigenvalue weighted by Crippen LogP contribution is 2.39. The molecule has 3 heterocycles. The summed E-state index contributed by atoms with van der Waals surface area (Å²) in [7, 11) is 2.05. The van der Waals surface area contributed by atoms with Gasteiger partial charge in [-0.15, -0.1) is 10.2 Å². The number of likely N-dealkylation sites (N-methyl/N-ethyl adjacent to an activating group) is 1. The fourth-order valence-electron chi connectivity index (χ4n) is 3.56. The molecule has 1 atom stereocenters. The molecular formula is C19H19F3N4O2. The number of phenolic OH excluding ortho intramolecular Hbond substituents is 1. The lowest BCUT2D eigenvalue weighted by molar-refractivity contribution is -0.137. The lowest BCUT2D eigenvalue weighted by Gasteiger charge is -2.30. The van der Waals surface area contributed by atoms with Crippen molar-refractivity contribution in [2.75, 3.05) is 25.5 Å². The third kappa shape index (κ3) is 3.49. The molecule has 0 bridgehead atoms. The number of aromatic nitrogens is 2. The number of alkyl halides is 3. The average molecular weight is 392 g/mol. The van der Waals surface area contributed by atoms with Gasteiger partial charge in [0.1, 0.15) is 11.4 Å². The van der Waals surface area contributed by atoms with Gasteiger partial charge in [0.25, 0.3) is 0 Å². The van der Waals surface area contributed by atoms with Crippen molar-refractivity contribution in [3.8, 4) is 17.0 Å². The van der Waals surface area contributed by atoms with Crippen molar-refractivity contribution in [1.82, 2.24) is 15.1 Å². The minimum atomic E-state index is -4.53. The van der Waals surface area contributed by atoms with Gasteiger partial charge in [-0.25, -0.2) is 0 Å². The predicted octanol–water partition coefficient (Wildman–Crippen LogP) is 4.12. The molecule has 0 radical (unpaired) electrons. The highest BCUT2D eigenvalue weighted by atomic mass is 19.4. The summed E-state index contributed by atoms with van der Waals surface area (Å²) < 4.78 is 44.1. The van der Waals surface area contributed by atoms with Gasteiger partial charge in [-0.3, -0.25) is 0 Å². The second kappa shape index (κ2) is 6.97. The summed E-state index contributed by atoms with van der Waals surface area (Å²) in [6.07, 6.45) is -1.000. The number of phenols is 1. The molecule has 1 saturated heterocycles. The first-order valence-electron chi connectivity index (χ1n) is 8.92. The number of rotatable bonds is 3. The highest BCUT2D eigenvalue weighted by molar-refractivity contribution is 5.97. The first-order valence-corrected chi connectivity index (χ1v) is 8.92. The molecule has 1 aliphatic rings. The summed E-state index contributed by atoms with van der Waals surface area (Å²) in [6, 6.07) is 4.65. The van der Waals surface area contributed by atoms with Crippen LogP contribution in [0.15, 0.2) is 34.9 Å². The molecule has 1 fully saturated rings. The molecule has 1 aromatic carbocycles. The zero-order valence-corrected chi connectivity index (χ0v) is 15.1. The Kier molecular flexibility index (Phi) is 4.62. The van der Waals surface area contributed by atoms with E-state index in [0.29, 0.717) is 22.9 Å². The molecule has 1 aliphatic heterocycles. The summed E-state index contributed by atoms with van der Waals surface area (Å²) in [5, 5.41) is 22.4. The van der Waals surface area contributed by atoms with E-state index in [1.54, 1.807) is 6.07 Å². The molecule has 2 N–H and O–H groups in total. The predicted molar refractivity (Wildman–Crippen MR) is 98.0 cm³/mol. The molecule has 6 nitrogen and oxygen atoms in total. The Morgan fingerprint density at radius 3 is 2.79 bits per heavy atom. The van der Waals surface area contributed by atoms with Crippen molar-refractivity contribution < 1.29 is 22.7 Å². The minimum Gasteiger partial charge on any atom is -0.507 e. The topological polar surface area (TPSA) is 74.4 Å². The lowest BCUT2D eigenvalue weighted by atomic mass is 10.0. The standard InChI is InChI=1S/C19H19F3N4O2/c1-26-7-2-3-12(10-26)23-18-17-14(6-8-28-17)16(24-25-18)13-5-4-11(9-15(13)27)19(20,21)22/h4-6,8-9,12,27H,2-3,7,10H2,1H3,(H,23,25). The van der Waals surface area contributed by atoms with Crippen LogP contribution in [0, 0.1) is 0 Å². The van der Waals surface area contributed by atoms with Crippen molar-refractivity contribution in [2.45, 2.75) is 25.1 Å². The largest absolute Gasteiger partial charge is 0.507 e. The number of nitrogens with one attached hydrogen (secondary N) is 1. The quantitative estimate of drug-likeness (QED) is 0.699. The summed E-state index contributed by atoms with van der Waals surface area (Å²) in [4.78, 5) is 2.22. The third-order valence-electron chi connectivity index (χ3n) is 4.93. The van der Waals surface area contributed by atoms with Gasteiger partial charge in [-0.1, -0.05) is 0 Å². The van der Waals surface area contributed by atoms with E-state index in [1.807, 2.05) is 0 Å². The van der Waals surface area contributed by atoms with Crippen LogP contribution in [0.4, 0.5) is 19.0 Å². The number of halogens is 3. The van der Waals surface area contributed by atoms with Gasteiger partial charge in [-0.05, 0) is 50.7 Å². The average Bonchev–Trinajstić information content (AvgIpc) is 3.12. The number of anilines is 1. The van der Waals surface area contributed by atoms with E-state index in [4.69, 9.17) is 4.42 Å². The fourth-order valence-corrected chi connectivity index (χ4v) is 3.56. The Morgan fingerprint density at radius 2 is 2.07 bits per heavy atom. The van der Waals surface area contributed by atoms with E-state index in [1.165, 1.54) is 12.3 Å². The Balaban J connectivity index is 1.70. The van der Waals surface area contributed by atoms with Crippen LogP contribution in [0.1, 0.15) is 18.4 Å². The van der Waals surface area contributed by atoms with Crippen LogP contribution < -0.4 is 5.32 Å². The molecule has 28 heavy (non-hydrogen) atoms. The number of furan rings is 1. The Hall–Kier alpha value is -2.81. The van der Waals surface area contributed by atoms with Gasteiger partial charge in [-0.2, -0.15) is 13.2 Å². The Bertz CT molecular complexity index is 1000. The summed E-state index contributed by atoms with van der Waals surface area (Å²) in [5.74, 6) is -0.0308. The molecule has 0 spiro atoms. The SMILES string of the molecule is CN1CCCC(Nc2nnc(-c3ccc(C(F)(F)F)cc3O)c3ccoc23)C1. The van der Waals surface area contributed by atoms with Gasteiger partial charge in [0.05, 0.1) is 17.2 Å². The first kappa shape index (κ1) is 18.5. The second-order valence-electron chi connectivity index (χ2n) is 7.04. The van der Waals surface area contributed by atoms with Crippen molar-refractivity contribution in [3.63, 3.8) is 0 Å². The molecule has 0 aliphatic carbocycles. The van der Waals surface area contributed by atoms with E-state index in [9.17, 15) is 18.3 Å². The molecule has 1 unspecified atom stereocenters. The molecule has 9 heteroatoms. The number of piperidine rings is 1. The van der Waals surface area contributed by atoms with E-state index in [0.717, 1.165) is 32.0 Å². The van der Waals surface area contributed by atoms with Crippen LogP contribution in [-0.2, 0) is 6.18 Å². The van der Waals surface area contributed by atoms with Gasteiger partial charge >= 0.3 is 6.18 Å². The van der Waals surface area contributed by atoms with Crippen LogP contribution in [0.2, 0.25) is 0 Å². The van der Waals surface area contributed by atoms with Crippen molar-refractivity contribution in [2.24, 2.45) is 0 Å². The van der Waals surface area contributed by atoms with Crippen LogP contribution in [0.25, 0.3) is 22.2 Å². The van der Waals surface area contributed by atoms with Gasteiger partial charge in [0.2, 0.25) is 0 Å². The van der Waals surface area contributed by atoms with Crippen LogP contribution >= 0.6 is 0 Å². The minimum absolute atomic E-state index is 0.163. The zero-order chi connectivity index (χ0) is 19.9. The van der Waals surface area contributed by atoms with E-state index >= 15 is 0 Å². The van der Waals surface area contributed by atoms with E-state index in [-0.39, 0.29) is 17.3 Å². The Labute approximate surface area is 159 Å². The number of likely N-dealkylation sites (tertiary alicyclic amines) is 1. The van der Waals surface area contributed by atoms with Gasteiger partial charge in [0, 0.05) is 18.2 Å². The summed E-state index contributed by atoms with van der Waals surface area (Å²) in [6.45, 7) is 1.91. The molecule has 3 aromatic rings. The zero-order valence-electron chi connectivity index (χ0n) is 15.1. The maximum Gasteiger partial charge on any atom is 0.416 e. The highest BCUT2D eigenvalue weighted by Gasteiger charge is 2.31. The van der Waals surface area contributed by atoms with Crippen LogP contribution in [-0.4, -0.2) is 46.4 Å². The first-order chi connectivity index (χ1) is 13.3. The number of hydrogen-bond donors (Lipinski definition) is 2.